The first-order chi connectivity index (χ1) is 8.42. The largest absolute Gasteiger partial charge is 0.346 e. The Morgan fingerprint density at radius 1 is 1.44 bits per heavy atom. The van der Waals surface area contributed by atoms with Gasteiger partial charge in [-0.2, -0.15) is 0 Å². The molecular formula is C15H29N3. The second-order valence-corrected chi connectivity index (χ2v) is 5.81. The van der Waals surface area contributed by atoms with E-state index < -0.39 is 0 Å². The van der Waals surface area contributed by atoms with Gasteiger partial charge in [0.15, 0.2) is 0 Å². The molecule has 3 unspecified atom stereocenters. The van der Waals surface area contributed by atoms with E-state index in [4.69, 9.17) is 5.73 Å². The first kappa shape index (κ1) is 15.3. The SMILES string of the molecule is CCC(C)/C=C\C1NC(C)(C(C)C)C=CN1CN. The Morgan fingerprint density at radius 2 is 2.11 bits per heavy atom. The van der Waals surface area contributed by atoms with Gasteiger partial charge in [0.25, 0.3) is 0 Å². The maximum absolute atomic E-state index is 5.80. The molecule has 3 heteroatoms. The van der Waals surface area contributed by atoms with E-state index >= 15 is 0 Å². The fourth-order valence-electron chi connectivity index (χ4n) is 1.92. The van der Waals surface area contributed by atoms with Crippen molar-refractivity contribution in [3.8, 4) is 0 Å². The van der Waals surface area contributed by atoms with Gasteiger partial charge >= 0.3 is 0 Å². The van der Waals surface area contributed by atoms with Gasteiger partial charge in [0, 0.05) is 5.54 Å². The lowest BCUT2D eigenvalue weighted by Crippen LogP contribution is -2.59. The summed E-state index contributed by atoms with van der Waals surface area (Å²) in [5.74, 6) is 1.16. The maximum atomic E-state index is 5.80. The molecule has 1 rings (SSSR count). The fraction of sp³-hybridized carbons (Fsp3) is 0.733. The lowest BCUT2D eigenvalue weighted by molar-refractivity contribution is 0.181. The molecule has 1 aliphatic rings. The highest BCUT2D eigenvalue weighted by Gasteiger charge is 2.32. The Kier molecular flexibility index (Phi) is 5.42. The second kappa shape index (κ2) is 6.39. The molecule has 1 heterocycles. The van der Waals surface area contributed by atoms with E-state index in [-0.39, 0.29) is 11.7 Å². The van der Waals surface area contributed by atoms with Crippen LogP contribution in [-0.4, -0.2) is 23.3 Å². The van der Waals surface area contributed by atoms with Gasteiger partial charge in [0.2, 0.25) is 0 Å². The minimum atomic E-state index is 0.0378. The van der Waals surface area contributed by atoms with Crippen LogP contribution in [0.4, 0.5) is 0 Å². The van der Waals surface area contributed by atoms with Crippen LogP contribution < -0.4 is 11.1 Å². The van der Waals surface area contributed by atoms with Crippen LogP contribution in [0, 0.1) is 11.8 Å². The standard InChI is InChI=1S/C15H29N3/c1-6-13(4)7-8-14-17-15(5,12(2)3)9-10-18(14)11-16/h7-10,12-14,17H,6,11,16H2,1-5H3/b8-7-. The Labute approximate surface area is 112 Å². The van der Waals surface area contributed by atoms with Gasteiger partial charge in [-0.3, -0.25) is 5.32 Å². The van der Waals surface area contributed by atoms with Gasteiger partial charge in [0.1, 0.15) is 0 Å². The summed E-state index contributed by atoms with van der Waals surface area (Å²) in [6, 6.07) is 0. The second-order valence-electron chi connectivity index (χ2n) is 5.81. The summed E-state index contributed by atoms with van der Waals surface area (Å²) < 4.78 is 0. The molecule has 1 aliphatic heterocycles. The third-order valence-corrected chi connectivity index (χ3v) is 4.10. The summed E-state index contributed by atoms with van der Waals surface area (Å²) in [6.07, 6.45) is 10.2. The van der Waals surface area contributed by atoms with Crippen molar-refractivity contribution in [2.24, 2.45) is 17.6 Å². The van der Waals surface area contributed by atoms with Crippen LogP contribution in [-0.2, 0) is 0 Å². The Morgan fingerprint density at radius 3 is 2.61 bits per heavy atom. The number of rotatable bonds is 5. The third kappa shape index (κ3) is 3.59. The molecule has 18 heavy (non-hydrogen) atoms. The molecule has 0 amide bonds. The predicted molar refractivity (Wildman–Crippen MR) is 78.8 cm³/mol. The molecule has 0 fully saturated rings. The predicted octanol–water partition coefficient (Wildman–Crippen LogP) is 2.66. The number of allylic oxidation sites excluding steroid dienone is 1. The van der Waals surface area contributed by atoms with Crippen molar-refractivity contribution in [1.82, 2.24) is 10.2 Å². The average Bonchev–Trinajstić information content (AvgIpc) is 2.35. The number of hydrogen-bond acceptors (Lipinski definition) is 3. The Bertz CT molecular complexity index is 309. The molecule has 104 valence electrons. The summed E-state index contributed by atoms with van der Waals surface area (Å²) in [4.78, 5) is 2.13. The van der Waals surface area contributed by atoms with Crippen LogP contribution in [0.5, 0.6) is 0 Å². The van der Waals surface area contributed by atoms with Crippen molar-refractivity contribution < 1.29 is 0 Å². The molecule has 0 radical (unpaired) electrons. The van der Waals surface area contributed by atoms with E-state index in [1.165, 1.54) is 6.42 Å². The molecule has 0 aromatic rings. The average molecular weight is 251 g/mol. The van der Waals surface area contributed by atoms with Crippen molar-refractivity contribution in [1.29, 1.82) is 0 Å². The molecule has 0 aromatic carbocycles. The van der Waals surface area contributed by atoms with Crippen molar-refractivity contribution >= 4 is 0 Å². The van der Waals surface area contributed by atoms with Crippen molar-refractivity contribution in [2.75, 3.05) is 6.67 Å². The van der Waals surface area contributed by atoms with E-state index in [1.807, 2.05) is 0 Å². The van der Waals surface area contributed by atoms with Crippen LogP contribution in [0.2, 0.25) is 0 Å². The Balaban J connectivity index is 2.82. The monoisotopic (exact) mass is 251 g/mol. The first-order valence-corrected chi connectivity index (χ1v) is 7.04. The van der Waals surface area contributed by atoms with Gasteiger partial charge in [-0.25, -0.2) is 0 Å². The lowest BCUT2D eigenvalue weighted by atomic mass is 9.86. The number of nitrogens with zero attached hydrogens (tertiary/aromatic N) is 1. The van der Waals surface area contributed by atoms with E-state index in [0.29, 0.717) is 18.5 Å². The highest BCUT2D eigenvalue weighted by Crippen LogP contribution is 2.24. The quantitative estimate of drug-likeness (QED) is 0.738. The smallest absolute Gasteiger partial charge is 0.0999 e. The summed E-state index contributed by atoms with van der Waals surface area (Å²) in [5, 5.41) is 3.68. The first-order valence-electron chi connectivity index (χ1n) is 7.04. The van der Waals surface area contributed by atoms with E-state index in [1.54, 1.807) is 0 Å². The summed E-state index contributed by atoms with van der Waals surface area (Å²) >= 11 is 0. The molecule has 0 saturated heterocycles. The van der Waals surface area contributed by atoms with Gasteiger partial charge in [-0.05, 0) is 31.0 Å². The number of nitrogens with two attached hydrogens (primary N) is 1. The highest BCUT2D eigenvalue weighted by molar-refractivity contribution is 5.14. The van der Waals surface area contributed by atoms with Crippen LogP contribution in [0.3, 0.4) is 0 Å². The molecule has 0 spiro atoms. The third-order valence-electron chi connectivity index (χ3n) is 4.10. The zero-order valence-electron chi connectivity index (χ0n) is 12.5. The van der Waals surface area contributed by atoms with E-state index in [0.717, 1.165) is 0 Å². The maximum Gasteiger partial charge on any atom is 0.0999 e. The van der Waals surface area contributed by atoms with Gasteiger partial charge < -0.3 is 10.6 Å². The van der Waals surface area contributed by atoms with Gasteiger partial charge in [-0.1, -0.05) is 46.3 Å². The molecule has 0 aliphatic carbocycles. The van der Waals surface area contributed by atoms with E-state index in [9.17, 15) is 0 Å². The van der Waals surface area contributed by atoms with Crippen molar-refractivity contribution in [3.63, 3.8) is 0 Å². The fourth-order valence-corrected chi connectivity index (χ4v) is 1.92. The molecule has 0 aromatic heterocycles. The topological polar surface area (TPSA) is 41.3 Å². The van der Waals surface area contributed by atoms with Crippen LogP contribution in [0.1, 0.15) is 41.0 Å². The zero-order chi connectivity index (χ0) is 13.8. The minimum Gasteiger partial charge on any atom is -0.346 e. The van der Waals surface area contributed by atoms with Gasteiger partial charge in [0.05, 0.1) is 12.8 Å². The van der Waals surface area contributed by atoms with Crippen molar-refractivity contribution in [3.05, 3.63) is 24.4 Å². The van der Waals surface area contributed by atoms with Gasteiger partial charge in [-0.15, -0.1) is 0 Å². The van der Waals surface area contributed by atoms with Crippen LogP contribution in [0.15, 0.2) is 24.4 Å². The summed E-state index contributed by atoms with van der Waals surface area (Å²) in [6.45, 7) is 11.7. The molecule has 3 atom stereocenters. The zero-order valence-corrected chi connectivity index (χ0v) is 12.5. The molecule has 0 bridgehead atoms. The molecular weight excluding hydrogens is 222 g/mol. The summed E-state index contributed by atoms with van der Waals surface area (Å²) in [7, 11) is 0. The molecule has 3 N–H and O–H groups in total. The normalized spacial score (nSPS) is 30.4. The van der Waals surface area contributed by atoms with Crippen LogP contribution in [0.25, 0.3) is 0 Å². The van der Waals surface area contributed by atoms with E-state index in [2.05, 4.69) is 69.3 Å². The molecule has 0 saturated carbocycles. The highest BCUT2D eigenvalue weighted by atomic mass is 15.3. The van der Waals surface area contributed by atoms with Crippen molar-refractivity contribution in [2.45, 2.75) is 52.7 Å². The molecule has 3 nitrogen and oxygen atoms in total. The minimum absolute atomic E-state index is 0.0378. The summed E-state index contributed by atoms with van der Waals surface area (Å²) in [5.41, 5.74) is 5.84. The lowest BCUT2D eigenvalue weighted by Gasteiger charge is -2.43. The Hall–Kier alpha value is -0.800. The number of nitrogens with one attached hydrogen (secondary N) is 1. The number of hydrogen-bond donors (Lipinski definition) is 2. The van der Waals surface area contributed by atoms with Crippen LogP contribution >= 0.6 is 0 Å².